The van der Waals surface area contributed by atoms with Gasteiger partial charge >= 0.3 is 6.03 Å². The van der Waals surface area contributed by atoms with E-state index in [2.05, 4.69) is 37.2 Å². The summed E-state index contributed by atoms with van der Waals surface area (Å²) in [5.74, 6) is 0.690. The second-order valence-corrected chi connectivity index (χ2v) is 9.57. The Morgan fingerprint density at radius 3 is 2.29 bits per heavy atom. The van der Waals surface area contributed by atoms with Gasteiger partial charge in [-0.2, -0.15) is 0 Å². The van der Waals surface area contributed by atoms with E-state index in [1.807, 2.05) is 55.5 Å². The molecule has 0 bridgehead atoms. The lowest BCUT2D eigenvalue weighted by molar-refractivity contribution is -0.123. The van der Waals surface area contributed by atoms with Crippen LogP contribution in [0.1, 0.15) is 22.3 Å². The summed E-state index contributed by atoms with van der Waals surface area (Å²) < 4.78 is 13.2. The molecule has 34 heavy (non-hydrogen) atoms. The van der Waals surface area contributed by atoms with Crippen LogP contribution >= 0.6 is 31.9 Å². The SMILES string of the molecule is COc1cc(/C=C2/NC(=O)N(Cc3ccc(C)cc3)C2=O)c(Br)cc1OCc1ccc(Br)cc1. The van der Waals surface area contributed by atoms with Gasteiger partial charge in [0.05, 0.1) is 13.7 Å². The number of carbonyl (C=O) groups is 2. The van der Waals surface area contributed by atoms with E-state index in [0.717, 1.165) is 21.2 Å². The van der Waals surface area contributed by atoms with Gasteiger partial charge in [0, 0.05) is 8.95 Å². The highest BCUT2D eigenvalue weighted by Gasteiger charge is 2.33. The fourth-order valence-corrected chi connectivity index (χ4v) is 4.12. The summed E-state index contributed by atoms with van der Waals surface area (Å²) in [7, 11) is 1.55. The van der Waals surface area contributed by atoms with Gasteiger partial charge in [-0.3, -0.25) is 9.69 Å². The number of hydrogen-bond donors (Lipinski definition) is 1. The molecule has 174 valence electrons. The number of methoxy groups -OCH3 is 1. The molecule has 4 rings (SSSR count). The summed E-state index contributed by atoms with van der Waals surface area (Å²) in [5, 5.41) is 2.67. The number of urea groups is 1. The Morgan fingerprint density at radius 1 is 0.941 bits per heavy atom. The first-order valence-corrected chi connectivity index (χ1v) is 12.1. The van der Waals surface area contributed by atoms with Crippen LogP contribution < -0.4 is 14.8 Å². The highest BCUT2D eigenvalue weighted by molar-refractivity contribution is 9.10. The molecule has 1 fully saturated rings. The van der Waals surface area contributed by atoms with Gasteiger partial charge in [0.2, 0.25) is 0 Å². The predicted molar refractivity (Wildman–Crippen MR) is 137 cm³/mol. The number of rotatable bonds is 7. The van der Waals surface area contributed by atoms with Gasteiger partial charge in [0.25, 0.3) is 5.91 Å². The monoisotopic (exact) mass is 584 g/mol. The molecule has 0 saturated carbocycles. The molecule has 0 radical (unpaired) electrons. The van der Waals surface area contributed by atoms with Crippen molar-refractivity contribution in [2.45, 2.75) is 20.1 Å². The van der Waals surface area contributed by atoms with Gasteiger partial charge in [-0.25, -0.2) is 4.79 Å². The minimum absolute atomic E-state index is 0.198. The smallest absolute Gasteiger partial charge is 0.329 e. The van der Waals surface area contributed by atoms with Crippen LogP contribution in [0, 0.1) is 6.92 Å². The molecule has 1 aliphatic rings. The lowest BCUT2D eigenvalue weighted by atomic mass is 10.1. The molecular weight excluding hydrogens is 564 g/mol. The molecule has 0 atom stereocenters. The first kappa shape index (κ1) is 24.0. The average Bonchev–Trinajstić information content (AvgIpc) is 3.08. The normalized spacial score (nSPS) is 14.5. The molecule has 3 aromatic rings. The topological polar surface area (TPSA) is 67.9 Å². The standard InChI is InChI=1S/C26H22Br2N2O4/c1-16-3-5-17(6-4-16)14-30-25(31)22(29-26(30)32)11-19-12-23(33-2)24(13-21(19)28)34-15-18-7-9-20(27)10-8-18/h3-13H,14-15H2,1-2H3,(H,29,32)/b22-11+. The van der Waals surface area contributed by atoms with Gasteiger partial charge in [-0.1, -0.05) is 73.8 Å². The number of amides is 3. The van der Waals surface area contributed by atoms with E-state index in [9.17, 15) is 9.59 Å². The number of halogens is 2. The number of nitrogens with zero attached hydrogens (tertiary/aromatic N) is 1. The van der Waals surface area contributed by atoms with Gasteiger partial charge in [-0.05, 0) is 54.0 Å². The lowest BCUT2D eigenvalue weighted by Crippen LogP contribution is -2.30. The van der Waals surface area contributed by atoms with Crippen molar-refractivity contribution in [3.05, 3.63) is 97.6 Å². The number of ether oxygens (including phenoxy) is 2. The highest BCUT2D eigenvalue weighted by Crippen LogP contribution is 2.35. The Hall–Kier alpha value is -3.10. The zero-order chi connectivity index (χ0) is 24.2. The zero-order valence-electron chi connectivity index (χ0n) is 18.6. The molecule has 0 unspecified atom stereocenters. The quantitative estimate of drug-likeness (QED) is 0.265. The minimum atomic E-state index is -0.450. The van der Waals surface area contributed by atoms with Gasteiger partial charge in [0.15, 0.2) is 11.5 Å². The summed E-state index contributed by atoms with van der Waals surface area (Å²) >= 11 is 6.96. The van der Waals surface area contributed by atoms with Gasteiger partial charge in [-0.15, -0.1) is 0 Å². The van der Waals surface area contributed by atoms with Gasteiger partial charge in [0.1, 0.15) is 12.3 Å². The number of imide groups is 1. The molecule has 1 heterocycles. The number of nitrogens with one attached hydrogen (secondary N) is 1. The Kier molecular flexibility index (Phi) is 7.38. The Bertz CT molecular complexity index is 1260. The van der Waals surface area contributed by atoms with Crippen LogP contribution in [0.5, 0.6) is 11.5 Å². The van der Waals surface area contributed by atoms with E-state index in [1.165, 1.54) is 4.90 Å². The van der Waals surface area contributed by atoms with Crippen molar-refractivity contribution in [2.75, 3.05) is 7.11 Å². The van der Waals surface area contributed by atoms with E-state index in [0.29, 0.717) is 28.1 Å². The van der Waals surface area contributed by atoms with E-state index in [-0.39, 0.29) is 18.1 Å². The number of aryl methyl sites for hydroxylation is 1. The maximum Gasteiger partial charge on any atom is 0.329 e. The maximum absolute atomic E-state index is 12.9. The third kappa shape index (κ3) is 5.51. The summed E-state index contributed by atoms with van der Waals surface area (Å²) in [4.78, 5) is 26.6. The van der Waals surface area contributed by atoms with Crippen molar-refractivity contribution < 1.29 is 19.1 Å². The molecule has 8 heteroatoms. The molecule has 0 aromatic heterocycles. The van der Waals surface area contributed by atoms with Crippen molar-refractivity contribution in [1.29, 1.82) is 0 Å². The van der Waals surface area contributed by atoms with Crippen LogP contribution in [0.4, 0.5) is 4.79 Å². The maximum atomic E-state index is 12.9. The average molecular weight is 586 g/mol. The largest absolute Gasteiger partial charge is 0.493 e. The van der Waals surface area contributed by atoms with Crippen LogP contribution in [0.3, 0.4) is 0 Å². The number of hydrogen-bond acceptors (Lipinski definition) is 4. The molecule has 1 aliphatic heterocycles. The van der Waals surface area contributed by atoms with Crippen LogP contribution in [-0.2, 0) is 17.9 Å². The first-order chi connectivity index (χ1) is 16.3. The second kappa shape index (κ2) is 10.4. The molecule has 3 amide bonds. The van der Waals surface area contributed by atoms with Crippen molar-refractivity contribution in [3.63, 3.8) is 0 Å². The fraction of sp³-hybridized carbons (Fsp3) is 0.154. The third-order valence-electron chi connectivity index (χ3n) is 5.31. The molecule has 1 N–H and O–H groups in total. The van der Waals surface area contributed by atoms with E-state index >= 15 is 0 Å². The number of benzene rings is 3. The fourth-order valence-electron chi connectivity index (χ4n) is 3.42. The summed E-state index contributed by atoms with van der Waals surface area (Å²) in [6.07, 6.45) is 1.63. The molecule has 1 saturated heterocycles. The van der Waals surface area contributed by atoms with Crippen LogP contribution in [-0.4, -0.2) is 23.9 Å². The Labute approximate surface area is 214 Å². The van der Waals surface area contributed by atoms with Crippen LogP contribution in [0.15, 0.2) is 75.3 Å². The third-order valence-corrected chi connectivity index (χ3v) is 6.53. The molecule has 6 nitrogen and oxygen atoms in total. The Balaban J connectivity index is 1.52. The van der Waals surface area contributed by atoms with Crippen molar-refractivity contribution in [1.82, 2.24) is 10.2 Å². The first-order valence-electron chi connectivity index (χ1n) is 10.5. The summed E-state index contributed by atoms with van der Waals surface area (Å²) in [6, 6.07) is 18.7. The lowest BCUT2D eigenvalue weighted by Gasteiger charge is -2.13. The van der Waals surface area contributed by atoms with Crippen LogP contribution in [0.2, 0.25) is 0 Å². The van der Waals surface area contributed by atoms with Crippen molar-refractivity contribution >= 4 is 49.9 Å². The van der Waals surface area contributed by atoms with E-state index < -0.39 is 6.03 Å². The van der Waals surface area contributed by atoms with E-state index in [4.69, 9.17) is 9.47 Å². The minimum Gasteiger partial charge on any atom is -0.493 e. The highest BCUT2D eigenvalue weighted by atomic mass is 79.9. The molecule has 0 spiro atoms. The molecule has 0 aliphatic carbocycles. The second-order valence-electron chi connectivity index (χ2n) is 7.80. The van der Waals surface area contributed by atoms with Crippen molar-refractivity contribution in [3.8, 4) is 11.5 Å². The van der Waals surface area contributed by atoms with E-state index in [1.54, 1.807) is 25.3 Å². The predicted octanol–water partition coefficient (Wildman–Crippen LogP) is 6.20. The van der Waals surface area contributed by atoms with Crippen LogP contribution in [0.25, 0.3) is 6.08 Å². The summed E-state index contributed by atoms with van der Waals surface area (Å²) in [6.45, 7) is 2.57. The Morgan fingerprint density at radius 2 is 1.62 bits per heavy atom. The number of carbonyl (C=O) groups excluding carboxylic acids is 2. The van der Waals surface area contributed by atoms with Crippen molar-refractivity contribution in [2.24, 2.45) is 0 Å². The summed E-state index contributed by atoms with van der Waals surface area (Å²) in [5.41, 5.74) is 3.88. The van der Waals surface area contributed by atoms with Gasteiger partial charge < -0.3 is 14.8 Å². The zero-order valence-corrected chi connectivity index (χ0v) is 21.8. The molecular formula is C26H22Br2N2O4. The molecule has 3 aromatic carbocycles.